The van der Waals surface area contributed by atoms with Crippen molar-refractivity contribution in [1.82, 2.24) is 4.72 Å². The van der Waals surface area contributed by atoms with E-state index < -0.39 is 15.6 Å². The highest BCUT2D eigenvalue weighted by atomic mass is 32.2. The van der Waals surface area contributed by atoms with Gasteiger partial charge in [-0.2, -0.15) is 0 Å². The molecule has 1 fully saturated rings. The standard InChI is InChI=1S/C13H27NO3S/c1-12(2,3)11-18(16,17)14-10-13(15)8-6-4-5-7-9-13/h14-15H,4-11H2,1-3H3. The average molecular weight is 277 g/mol. The van der Waals surface area contributed by atoms with Crippen LogP contribution in [0.2, 0.25) is 0 Å². The molecule has 0 heterocycles. The first kappa shape index (κ1) is 15.9. The van der Waals surface area contributed by atoms with Crippen LogP contribution in [0.1, 0.15) is 59.3 Å². The van der Waals surface area contributed by atoms with Crippen molar-refractivity contribution in [2.45, 2.75) is 64.9 Å². The summed E-state index contributed by atoms with van der Waals surface area (Å²) in [5.41, 5.74) is -1.11. The zero-order chi connectivity index (χ0) is 13.9. The summed E-state index contributed by atoms with van der Waals surface area (Å²) in [4.78, 5) is 0. The molecule has 0 aromatic heterocycles. The van der Waals surface area contributed by atoms with Crippen molar-refractivity contribution in [2.75, 3.05) is 12.3 Å². The lowest BCUT2D eigenvalue weighted by molar-refractivity contribution is 0.0302. The van der Waals surface area contributed by atoms with Gasteiger partial charge >= 0.3 is 0 Å². The third-order valence-electron chi connectivity index (χ3n) is 3.28. The van der Waals surface area contributed by atoms with Gasteiger partial charge in [-0.25, -0.2) is 13.1 Å². The van der Waals surface area contributed by atoms with Crippen LogP contribution in [-0.2, 0) is 10.0 Å². The molecule has 0 unspecified atom stereocenters. The Kier molecular flexibility index (Phi) is 5.21. The van der Waals surface area contributed by atoms with Gasteiger partial charge in [0, 0.05) is 6.54 Å². The molecule has 1 rings (SSSR count). The molecule has 18 heavy (non-hydrogen) atoms. The van der Waals surface area contributed by atoms with E-state index in [9.17, 15) is 13.5 Å². The van der Waals surface area contributed by atoms with E-state index in [-0.39, 0.29) is 17.7 Å². The Morgan fingerprint density at radius 1 is 1.11 bits per heavy atom. The third-order valence-corrected chi connectivity index (χ3v) is 5.11. The highest BCUT2D eigenvalue weighted by Crippen LogP contribution is 2.26. The van der Waals surface area contributed by atoms with Gasteiger partial charge in [0.1, 0.15) is 0 Å². The molecule has 0 radical (unpaired) electrons. The van der Waals surface area contributed by atoms with Crippen LogP contribution < -0.4 is 4.72 Å². The van der Waals surface area contributed by atoms with E-state index in [4.69, 9.17) is 0 Å². The smallest absolute Gasteiger partial charge is 0.212 e. The van der Waals surface area contributed by atoms with Crippen molar-refractivity contribution in [3.8, 4) is 0 Å². The predicted octanol–water partition coefficient (Wildman–Crippen LogP) is 2.04. The quantitative estimate of drug-likeness (QED) is 0.773. The van der Waals surface area contributed by atoms with Crippen LogP contribution >= 0.6 is 0 Å². The second-order valence-electron chi connectivity index (χ2n) is 6.78. The maximum atomic E-state index is 11.9. The molecule has 5 heteroatoms. The highest BCUT2D eigenvalue weighted by Gasteiger charge is 2.30. The summed E-state index contributed by atoms with van der Waals surface area (Å²) < 4.78 is 26.4. The molecule has 1 aliphatic carbocycles. The molecule has 0 aromatic rings. The van der Waals surface area contributed by atoms with Crippen LogP contribution in [0.25, 0.3) is 0 Å². The molecule has 0 aliphatic heterocycles. The summed E-state index contributed by atoms with van der Waals surface area (Å²) >= 11 is 0. The first-order valence-electron chi connectivity index (χ1n) is 6.82. The number of hydrogen-bond acceptors (Lipinski definition) is 3. The molecular weight excluding hydrogens is 250 g/mol. The molecule has 2 N–H and O–H groups in total. The van der Waals surface area contributed by atoms with Crippen LogP contribution in [0, 0.1) is 5.41 Å². The zero-order valence-electron chi connectivity index (χ0n) is 11.8. The molecule has 0 spiro atoms. The number of nitrogens with one attached hydrogen (secondary N) is 1. The number of sulfonamides is 1. The van der Waals surface area contributed by atoms with E-state index in [1.54, 1.807) is 0 Å². The maximum Gasteiger partial charge on any atom is 0.212 e. The number of rotatable bonds is 4. The molecule has 0 atom stereocenters. The van der Waals surface area contributed by atoms with Gasteiger partial charge in [0.05, 0.1) is 11.4 Å². The fourth-order valence-electron chi connectivity index (χ4n) is 2.43. The minimum atomic E-state index is -3.30. The molecule has 0 saturated heterocycles. The van der Waals surface area contributed by atoms with E-state index in [0.717, 1.165) is 25.7 Å². The van der Waals surface area contributed by atoms with Gasteiger partial charge < -0.3 is 5.11 Å². The minimum Gasteiger partial charge on any atom is -0.389 e. The van der Waals surface area contributed by atoms with Gasteiger partial charge in [0.25, 0.3) is 0 Å². The third kappa shape index (κ3) is 6.16. The topological polar surface area (TPSA) is 66.4 Å². The van der Waals surface area contributed by atoms with E-state index in [2.05, 4.69) is 4.72 Å². The molecule has 0 aromatic carbocycles. The van der Waals surface area contributed by atoms with Gasteiger partial charge in [0.2, 0.25) is 10.0 Å². The normalized spacial score (nSPS) is 21.6. The predicted molar refractivity (Wildman–Crippen MR) is 73.9 cm³/mol. The fraction of sp³-hybridized carbons (Fsp3) is 1.00. The van der Waals surface area contributed by atoms with E-state index in [1.165, 1.54) is 0 Å². The van der Waals surface area contributed by atoms with Crippen molar-refractivity contribution in [1.29, 1.82) is 0 Å². The van der Waals surface area contributed by atoms with E-state index in [0.29, 0.717) is 12.8 Å². The molecule has 108 valence electrons. The van der Waals surface area contributed by atoms with E-state index >= 15 is 0 Å². The molecule has 1 aliphatic rings. The lowest BCUT2D eigenvalue weighted by atomic mass is 9.95. The lowest BCUT2D eigenvalue weighted by Crippen LogP contribution is -2.44. The summed E-state index contributed by atoms with van der Waals surface area (Å²) in [5.74, 6) is 0.0933. The summed E-state index contributed by atoms with van der Waals surface area (Å²) in [7, 11) is -3.30. The van der Waals surface area contributed by atoms with Crippen molar-refractivity contribution in [2.24, 2.45) is 5.41 Å². The highest BCUT2D eigenvalue weighted by molar-refractivity contribution is 7.89. The van der Waals surface area contributed by atoms with Gasteiger partial charge in [-0.1, -0.05) is 46.5 Å². The zero-order valence-corrected chi connectivity index (χ0v) is 12.6. The number of hydrogen-bond donors (Lipinski definition) is 2. The SMILES string of the molecule is CC(C)(C)CS(=O)(=O)NCC1(O)CCCCCC1. The lowest BCUT2D eigenvalue weighted by Gasteiger charge is -2.27. The van der Waals surface area contributed by atoms with E-state index in [1.807, 2.05) is 20.8 Å². The van der Waals surface area contributed by atoms with Crippen LogP contribution in [-0.4, -0.2) is 31.4 Å². The van der Waals surface area contributed by atoms with Crippen molar-refractivity contribution in [3.05, 3.63) is 0 Å². The summed E-state index contributed by atoms with van der Waals surface area (Å²) in [6.45, 7) is 5.84. The summed E-state index contributed by atoms with van der Waals surface area (Å²) in [6, 6.07) is 0. The van der Waals surface area contributed by atoms with Crippen LogP contribution in [0.5, 0.6) is 0 Å². The van der Waals surface area contributed by atoms with Gasteiger partial charge in [0.15, 0.2) is 0 Å². The molecule has 0 amide bonds. The number of aliphatic hydroxyl groups is 1. The second kappa shape index (κ2) is 5.88. The Bertz CT molecular complexity index is 349. The monoisotopic (exact) mass is 277 g/mol. The minimum absolute atomic E-state index is 0.0933. The summed E-state index contributed by atoms with van der Waals surface area (Å²) in [6.07, 6.45) is 5.64. The Morgan fingerprint density at radius 2 is 1.61 bits per heavy atom. The first-order chi connectivity index (χ1) is 8.12. The van der Waals surface area contributed by atoms with Crippen LogP contribution in [0.15, 0.2) is 0 Å². The van der Waals surface area contributed by atoms with Crippen LogP contribution in [0.4, 0.5) is 0 Å². The summed E-state index contributed by atoms with van der Waals surface area (Å²) in [5, 5.41) is 10.4. The first-order valence-corrected chi connectivity index (χ1v) is 8.47. The second-order valence-corrected chi connectivity index (χ2v) is 8.59. The van der Waals surface area contributed by atoms with Gasteiger partial charge in [-0.05, 0) is 18.3 Å². The Morgan fingerprint density at radius 3 is 2.06 bits per heavy atom. The van der Waals surface area contributed by atoms with Gasteiger partial charge in [-0.3, -0.25) is 0 Å². The average Bonchev–Trinajstić information content (AvgIpc) is 2.38. The molecule has 0 bridgehead atoms. The Balaban J connectivity index is 2.52. The Hall–Kier alpha value is -0.130. The molecular formula is C13H27NO3S. The van der Waals surface area contributed by atoms with Crippen molar-refractivity contribution < 1.29 is 13.5 Å². The van der Waals surface area contributed by atoms with Gasteiger partial charge in [-0.15, -0.1) is 0 Å². The van der Waals surface area contributed by atoms with Crippen molar-refractivity contribution in [3.63, 3.8) is 0 Å². The fourth-order valence-corrected chi connectivity index (χ4v) is 4.16. The molecule has 4 nitrogen and oxygen atoms in total. The van der Waals surface area contributed by atoms with Crippen molar-refractivity contribution >= 4 is 10.0 Å². The Labute approximate surface area is 111 Å². The van der Waals surface area contributed by atoms with Crippen LogP contribution in [0.3, 0.4) is 0 Å². The molecule has 1 saturated carbocycles. The maximum absolute atomic E-state index is 11.9. The largest absolute Gasteiger partial charge is 0.389 e.